The maximum absolute atomic E-state index is 13.3. The molecule has 1 fully saturated rings. The van der Waals surface area contributed by atoms with E-state index in [4.69, 9.17) is 28.2 Å². The predicted octanol–water partition coefficient (Wildman–Crippen LogP) is 5.82. The molecule has 6 rings (SSSR count). The standard InChI is InChI=1S/C31H24Cl2N4O2/c32-24-6-2-5-23(16-24)31(8-9-31)30-35-27-7-10-37(18-26(27)29(39)36-30)28(38)14-19-3-1-4-21(11-19)22-12-20(17-34)13-25(33)15-22/h1-6,11-13,15-16H,7-10,14,18H2,(H,35,36,39). The van der Waals surface area contributed by atoms with Crippen molar-refractivity contribution in [2.75, 3.05) is 6.54 Å². The van der Waals surface area contributed by atoms with Crippen molar-refractivity contribution in [2.24, 2.45) is 0 Å². The highest BCUT2D eigenvalue weighted by Gasteiger charge is 2.49. The van der Waals surface area contributed by atoms with Crippen LogP contribution in [-0.2, 0) is 29.6 Å². The number of aromatic amines is 1. The Morgan fingerprint density at radius 3 is 2.62 bits per heavy atom. The molecule has 0 spiro atoms. The zero-order valence-electron chi connectivity index (χ0n) is 21.0. The summed E-state index contributed by atoms with van der Waals surface area (Å²) in [5.74, 6) is 0.633. The van der Waals surface area contributed by atoms with Gasteiger partial charge in [-0.1, -0.05) is 59.6 Å². The minimum atomic E-state index is -0.298. The molecule has 3 aromatic carbocycles. The fourth-order valence-electron chi connectivity index (χ4n) is 5.41. The third-order valence-electron chi connectivity index (χ3n) is 7.64. The van der Waals surface area contributed by atoms with Crippen LogP contribution < -0.4 is 5.56 Å². The number of carbonyl (C=O) groups excluding carboxylic acids is 1. The highest BCUT2D eigenvalue weighted by Crippen LogP contribution is 2.52. The SMILES string of the molecule is N#Cc1cc(Cl)cc(-c2cccc(CC(=O)N3CCc4nc(C5(c6cccc(Cl)c6)CC5)[nH]c(=O)c4C3)c2)c1. The van der Waals surface area contributed by atoms with Crippen molar-refractivity contribution in [1.29, 1.82) is 5.26 Å². The van der Waals surface area contributed by atoms with E-state index < -0.39 is 0 Å². The lowest BCUT2D eigenvalue weighted by Gasteiger charge is -2.29. The van der Waals surface area contributed by atoms with E-state index in [2.05, 4.69) is 11.1 Å². The van der Waals surface area contributed by atoms with Gasteiger partial charge < -0.3 is 9.88 Å². The van der Waals surface area contributed by atoms with Gasteiger partial charge in [0.25, 0.3) is 5.56 Å². The average molecular weight is 555 g/mol. The summed E-state index contributed by atoms with van der Waals surface area (Å²) in [6.07, 6.45) is 2.55. The van der Waals surface area contributed by atoms with Crippen LogP contribution in [0, 0.1) is 11.3 Å². The first-order valence-electron chi connectivity index (χ1n) is 12.8. The second kappa shape index (κ2) is 10.00. The number of aromatic nitrogens is 2. The lowest BCUT2D eigenvalue weighted by molar-refractivity contribution is -0.131. The quantitative estimate of drug-likeness (QED) is 0.336. The van der Waals surface area contributed by atoms with Crippen LogP contribution in [0.1, 0.15) is 46.6 Å². The Hall–Kier alpha value is -3.92. The molecule has 1 N–H and O–H groups in total. The monoisotopic (exact) mass is 554 g/mol. The van der Waals surface area contributed by atoms with Crippen molar-refractivity contribution in [3.63, 3.8) is 0 Å². The van der Waals surface area contributed by atoms with Crippen molar-refractivity contribution in [2.45, 2.75) is 37.6 Å². The predicted molar refractivity (Wildman–Crippen MR) is 151 cm³/mol. The first-order valence-corrected chi connectivity index (χ1v) is 13.6. The third-order valence-corrected chi connectivity index (χ3v) is 8.10. The third kappa shape index (κ3) is 4.96. The Bertz CT molecular complexity index is 1720. The molecule has 1 amide bonds. The molecule has 4 aromatic rings. The number of rotatable bonds is 5. The van der Waals surface area contributed by atoms with E-state index in [1.165, 1.54) is 0 Å². The minimum Gasteiger partial charge on any atom is -0.337 e. The zero-order valence-corrected chi connectivity index (χ0v) is 22.5. The lowest BCUT2D eigenvalue weighted by atomic mass is 9.94. The first kappa shape index (κ1) is 25.4. The number of nitriles is 1. The maximum Gasteiger partial charge on any atom is 0.256 e. The van der Waals surface area contributed by atoms with Gasteiger partial charge in [0, 0.05) is 23.0 Å². The van der Waals surface area contributed by atoms with Crippen LogP contribution >= 0.6 is 23.2 Å². The molecule has 0 unspecified atom stereocenters. The van der Waals surface area contributed by atoms with Crippen molar-refractivity contribution in [3.8, 4) is 17.2 Å². The molecule has 8 heteroatoms. The number of halogens is 2. The Kier molecular flexibility index (Phi) is 6.50. The number of nitrogens with zero attached hydrogens (tertiary/aromatic N) is 3. The number of nitrogens with one attached hydrogen (secondary N) is 1. The van der Waals surface area contributed by atoms with Gasteiger partial charge in [-0.2, -0.15) is 5.26 Å². The summed E-state index contributed by atoms with van der Waals surface area (Å²) in [6, 6.07) is 22.7. The highest BCUT2D eigenvalue weighted by atomic mass is 35.5. The Morgan fingerprint density at radius 2 is 1.85 bits per heavy atom. The second-order valence-electron chi connectivity index (χ2n) is 10.2. The molecule has 0 saturated heterocycles. The summed E-state index contributed by atoms with van der Waals surface area (Å²) in [4.78, 5) is 36.1. The van der Waals surface area contributed by atoms with Crippen LogP contribution in [0.5, 0.6) is 0 Å². The summed E-state index contributed by atoms with van der Waals surface area (Å²) in [5, 5.41) is 10.4. The molecule has 1 saturated carbocycles. The molecule has 2 aliphatic rings. The van der Waals surface area contributed by atoms with E-state index in [1.807, 2.05) is 48.5 Å². The largest absolute Gasteiger partial charge is 0.337 e. The van der Waals surface area contributed by atoms with Crippen LogP contribution in [0.2, 0.25) is 10.0 Å². The van der Waals surface area contributed by atoms with Crippen molar-refractivity contribution in [1.82, 2.24) is 14.9 Å². The molecule has 6 nitrogen and oxygen atoms in total. The van der Waals surface area contributed by atoms with E-state index in [0.29, 0.717) is 40.0 Å². The van der Waals surface area contributed by atoms with Crippen molar-refractivity contribution >= 4 is 29.1 Å². The van der Waals surface area contributed by atoms with Crippen LogP contribution in [0.25, 0.3) is 11.1 Å². The summed E-state index contributed by atoms with van der Waals surface area (Å²) < 4.78 is 0. The van der Waals surface area contributed by atoms with Gasteiger partial charge in [-0.3, -0.25) is 9.59 Å². The fourth-order valence-corrected chi connectivity index (χ4v) is 5.83. The molecule has 1 aliphatic heterocycles. The number of amides is 1. The van der Waals surface area contributed by atoms with Crippen molar-refractivity contribution in [3.05, 3.63) is 121 Å². The molecule has 0 radical (unpaired) electrons. The normalized spacial score (nSPS) is 15.4. The molecule has 2 heterocycles. The van der Waals surface area contributed by atoms with Gasteiger partial charge in [0.15, 0.2) is 0 Å². The topological polar surface area (TPSA) is 89.8 Å². The smallest absolute Gasteiger partial charge is 0.256 e. The number of hydrogen-bond donors (Lipinski definition) is 1. The molecule has 1 aliphatic carbocycles. The summed E-state index contributed by atoms with van der Waals surface area (Å²) in [5.41, 5.74) is 4.93. The minimum absolute atomic E-state index is 0.0531. The summed E-state index contributed by atoms with van der Waals surface area (Å²) in [7, 11) is 0. The number of fused-ring (bicyclic) bond motifs is 1. The molecule has 194 valence electrons. The van der Waals surface area contributed by atoms with Gasteiger partial charge in [0.05, 0.1) is 41.3 Å². The average Bonchev–Trinajstić information content (AvgIpc) is 3.75. The van der Waals surface area contributed by atoms with E-state index in [-0.39, 0.29) is 29.8 Å². The lowest BCUT2D eigenvalue weighted by Crippen LogP contribution is -2.41. The summed E-state index contributed by atoms with van der Waals surface area (Å²) in [6.45, 7) is 0.742. The number of carbonyl (C=O) groups is 1. The molecule has 1 aromatic heterocycles. The Morgan fingerprint density at radius 1 is 1.03 bits per heavy atom. The van der Waals surface area contributed by atoms with E-state index in [9.17, 15) is 14.9 Å². The zero-order chi connectivity index (χ0) is 27.1. The molecule has 0 bridgehead atoms. The van der Waals surface area contributed by atoms with Gasteiger partial charge in [0.2, 0.25) is 5.91 Å². The van der Waals surface area contributed by atoms with Gasteiger partial charge in [-0.05, 0) is 65.4 Å². The highest BCUT2D eigenvalue weighted by molar-refractivity contribution is 6.31. The van der Waals surface area contributed by atoms with E-state index in [0.717, 1.165) is 40.8 Å². The van der Waals surface area contributed by atoms with E-state index in [1.54, 1.807) is 23.1 Å². The molecule has 39 heavy (non-hydrogen) atoms. The second-order valence-corrected chi connectivity index (χ2v) is 11.1. The van der Waals surface area contributed by atoms with E-state index >= 15 is 0 Å². The van der Waals surface area contributed by atoms with Gasteiger partial charge >= 0.3 is 0 Å². The van der Waals surface area contributed by atoms with Crippen LogP contribution in [0.3, 0.4) is 0 Å². The Balaban J connectivity index is 1.20. The Labute approximate surface area is 235 Å². The van der Waals surface area contributed by atoms with Gasteiger partial charge in [0.1, 0.15) is 5.82 Å². The molecular formula is C31H24Cl2N4O2. The number of H-pyrrole nitrogens is 1. The van der Waals surface area contributed by atoms with Crippen LogP contribution in [-0.4, -0.2) is 27.3 Å². The van der Waals surface area contributed by atoms with Crippen LogP contribution in [0.4, 0.5) is 0 Å². The van der Waals surface area contributed by atoms with Gasteiger partial charge in [-0.25, -0.2) is 4.98 Å². The number of benzene rings is 3. The molecular weight excluding hydrogens is 531 g/mol. The van der Waals surface area contributed by atoms with Crippen LogP contribution in [0.15, 0.2) is 71.5 Å². The number of hydrogen-bond acceptors (Lipinski definition) is 4. The fraction of sp³-hybridized carbons (Fsp3) is 0.226. The van der Waals surface area contributed by atoms with Crippen molar-refractivity contribution < 1.29 is 4.79 Å². The summed E-state index contributed by atoms with van der Waals surface area (Å²) >= 11 is 12.4. The maximum atomic E-state index is 13.3. The molecule has 0 atom stereocenters. The van der Waals surface area contributed by atoms with Gasteiger partial charge in [-0.15, -0.1) is 0 Å². The first-order chi connectivity index (χ1) is 18.8.